The topological polar surface area (TPSA) is 41.6 Å². The van der Waals surface area contributed by atoms with E-state index in [1.54, 1.807) is 25.3 Å². The van der Waals surface area contributed by atoms with Gasteiger partial charge in [0.05, 0.1) is 18.8 Å². The van der Waals surface area contributed by atoms with E-state index in [0.717, 1.165) is 19.5 Å². The fraction of sp³-hybridized carbons (Fsp3) is 0.316. The van der Waals surface area contributed by atoms with Crippen molar-refractivity contribution in [3.8, 4) is 5.75 Å². The van der Waals surface area contributed by atoms with Crippen LogP contribution in [0.2, 0.25) is 5.02 Å². The Hall–Kier alpha value is -2.04. The Bertz CT molecular complexity index is 748. The number of nitrogens with one attached hydrogen (secondary N) is 1. The molecule has 0 radical (unpaired) electrons. The molecule has 3 rings (SSSR count). The molecule has 0 saturated heterocycles. The number of amides is 1. The molecule has 0 bridgehead atoms. The molecule has 2 aromatic rings. The van der Waals surface area contributed by atoms with Crippen molar-refractivity contribution < 1.29 is 9.53 Å². The molecule has 1 unspecified atom stereocenters. The van der Waals surface area contributed by atoms with Gasteiger partial charge in [-0.15, -0.1) is 0 Å². The molecule has 0 spiro atoms. The molecule has 1 atom stereocenters. The van der Waals surface area contributed by atoms with E-state index in [1.807, 2.05) is 13.0 Å². The van der Waals surface area contributed by atoms with Gasteiger partial charge in [-0.05, 0) is 42.7 Å². The van der Waals surface area contributed by atoms with E-state index in [0.29, 0.717) is 16.5 Å². The average molecular weight is 345 g/mol. The molecule has 1 aliphatic heterocycles. The van der Waals surface area contributed by atoms with Crippen molar-refractivity contribution >= 4 is 23.2 Å². The fourth-order valence-electron chi connectivity index (χ4n) is 3.03. The molecule has 4 nitrogen and oxygen atoms in total. The minimum atomic E-state index is -0.234. The van der Waals surface area contributed by atoms with E-state index in [-0.39, 0.29) is 11.9 Å². The Balaban J connectivity index is 1.71. The van der Waals surface area contributed by atoms with Crippen LogP contribution in [0.4, 0.5) is 5.69 Å². The third kappa shape index (κ3) is 3.55. The van der Waals surface area contributed by atoms with Crippen LogP contribution in [0.3, 0.4) is 0 Å². The van der Waals surface area contributed by atoms with Gasteiger partial charge < -0.3 is 10.1 Å². The van der Waals surface area contributed by atoms with Crippen molar-refractivity contribution in [3.05, 3.63) is 58.6 Å². The number of anilines is 1. The second-order valence-electron chi connectivity index (χ2n) is 6.00. The Morgan fingerprint density at radius 2 is 2.00 bits per heavy atom. The molecule has 1 amide bonds. The smallest absolute Gasteiger partial charge is 0.241 e. The van der Waals surface area contributed by atoms with Crippen molar-refractivity contribution in [1.29, 1.82) is 0 Å². The molecule has 24 heavy (non-hydrogen) atoms. The Kier molecular flexibility index (Phi) is 5.07. The maximum absolute atomic E-state index is 12.7. The van der Waals surface area contributed by atoms with Crippen LogP contribution in [0, 0.1) is 0 Å². The normalized spacial score (nSPS) is 15.5. The average Bonchev–Trinajstić information content (AvgIpc) is 2.61. The van der Waals surface area contributed by atoms with Crippen LogP contribution in [-0.2, 0) is 17.8 Å². The van der Waals surface area contributed by atoms with Crippen molar-refractivity contribution in [3.63, 3.8) is 0 Å². The number of benzene rings is 2. The van der Waals surface area contributed by atoms with E-state index in [9.17, 15) is 4.79 Å². The first-order valence-corrected chi connectivity index (χ1v) is 8.41. The summed E-state index contributed by atoms with van der Waals surface area (Å²) in [6.45, 7) is 3.59. The van der Waals surface area contributed by atoms with Gasteiger partial charge in [-0.3, -0.25) is 9.69 Å². The van der Waals surface area contributed by atoms with Gasteiger partial charge in [0, 0.05) is 18.1 Å². The van der Waals surface area contributed by atoms with Gasteiger partial charge in [0.2, 0.25) is 5.91 Å². The Morgan fingerprint density at radius 1 is 1.25 bits per heavy atom. The van der Waals surface area contributed by atoms with Crippen molar-refractivity contribution in [2.75, 3.05) is 19.0 Å². The number of fused-ring (bicyclic) bond motifs is 1. The summed E-state index contributed by atoms with van der Waals surface area (Å²) in [5.74, 6) is 0.541. The van der Waals surface area contributed by atoms with Gasteiger partial charge in [0.15, 0.2) is 0 Å². The number of ether oxygens (including phenoxy) is 1. The number of methoxy groups -OCH3 is 1. The lowest BCUT2D eigenvalue weighted by Gasteiger charge is -2.33. The lowest BCUT2D eigenvalue weighted by atomic mass is 9.99. The number of carbonyl (C=O) groups excluding carboxylic acids is 1. The van der Waals surface area contributed by atoms with E-state index in [2.05, 4.69) is 28.4 Å². The molecule has 1 aliphatic rings. The second kappa shape index (κ2) is 7.24. The zero-order valence-electron chi connectivity index (χ0n) is 13.9. The number of nitrogens with zero attached hydrogens (tertiary/aromatic N) is 1. The lowest BCUT2D eigenvalue weighted by molar-refractivity contribution is -0.121. The largest absolute Gasteiger partial charge is 0.495 e. The van der Waals surface area contributed by atoms with Crippen LogP contribution >= 0.6 is 11.6 Å². The molecule has 126 valence electrons. The highest BCUT2D eigenvalue weighted by Gasteiger charge is 2.25. The zero-order chi connectivity index (χ0) is 17.1. The van der Waals surface area contributed by atoms with Crippen LogP contribution < -0.4 is 10.1 Å². The predicted octanol–water partition coefficient (Wildman–Crippen LogP) is 3.73. The van der Waals surface area contributed by atoms with Gasteiger partial charge in [0.1, 0.15) is 5.75 Å². The monoisotopic (exact) mass is 344 g/mol. The van der Waals surface area contributed by atoms with Crippen LogP contribution in [0.1, 0.15) is 18.1 Å². The second-order valence-corrected chi connectivity index (χ2v) is 6.44. The van der Waals surface area contributed by atoms with E-state index >= 15 is 0 Å². The third-order valence-electron chi connectivity index (χ3n) is 4.51. The first-order valence-electron chi connectivity index (χ1n) is 8.03. The third-order valence-corrected chi connectivity index (χ3v) is 4.74. The number of halogens is 1. The van der Waals surface area contributed by atoms with Gasteiger partial charge in [0.25, 0.3) is 0 Å². The first-order chi connectivity index (χ1) is 11.6. The molecule has 1 N–H and O–H groups in total. The highest BCUT2D eigenvalue weighted by Crippen LogP contribution is 2.28. The number of rotatable bonds is 4. The summed E-state index contributed by atoms with van der Waals surface area (Å²) in [5, 5.41) is 3.49. The van der Waals surface area contributed by atoms with Crippen LogP contribution in [0.15, 0.2) is 42.5 Å². The van der Waals surface area contributed by atoms with Gasteiger partial charge in [-0.1, -0.05) is 35.9 Å². The van der Waals surface area contributed by atoms with Gasteiger partial charge >= 0.3 is 0 Å². The summed E-state index contributed by atoms with van der Waals surface area (Å²) in [6.07, 6.45) is 0.967. The standard InChI is InChI=1S/C19H21ClN2O2/c1-13(22-10-9-14-5-3-4-6-15(14)12-22)19(23)21-17-11-16(20)7-8-18(17)24-2/h3-8,11,13H,9-10,12H2,1-2H3,(H,21,23). The van der Waals surface area contributed by atoms with Crippen LogP contribution in [0.25, 0.3) is 0 Å². The summed E-state index contributed by atoms with van der Waals surface area (Å²) in [4.78, 5) is 14.8. The molecule has 0 saturated carbocycles. The predicted molar refractivity (Wildman–Crippen MR) is 96.7 cm³/mol. The number of hydrogen-bond acceptors (Lipinski definition) is 3. The Morgan fingerprint density at radius 3 is 2.75 bits per heavy atom. The summed E-state index contributed by atoms with van der Waals surface area (Å²) in [6, 6.07) is 13.4. The summed E-state index contributed by atoms with van der Waals surface area (Å²) in [7, 11) is 1.57. The first kappa shape index (κ1) is 16.8. The van der Waals surface area contributed by atoms with Crippen LogP contribution in [-0.4, -0.2) is 30.5 Å². The maximum Gasteiger partial charge on any atom is 0.241 e. The molecule has 2 aromatic carbocycles. The summed E-state index contributed by atoms with van der Waals surface area (Å²) >= 11 is 6.02. The highest BCUT2D eigenvalue weighted by atomic mass is 35.5. The Labute approximate surface area is 147 Å². The van der Waals surface area contributed by atoms with E-state index in [1.165, 1.54) is 11.1 Å². The zero-order valence-corrected chi connectivity index (χ0v) is 14.6. The summed E-state index contributed by atoms with van der Waals surface area (Å²) in [5.41, 5.74) is 3.26. The molecule has 0 fully saturated rings. The maximum atomic E-state index is 12.7. The number of hydrogen-bond donors (Lipinski definition) is 1. The van der Waals surface area contributed by atoms with E-state index in [4.69, 9.17) is 16.3 Å². The van der Waals surface area contributed by atoms with Gasteiger partial charge in [-0.2, -0.15) is 0 Å². The number of carbonyl (C=O) groups is 1. The summed E-state index contributed by atoms with van der Waals surface area (Å²) < 4.78 is 5.29. The molecule has 0 aromatic heterocycles. The SMILES string of the molecule is COc1ccc(Cl)cc1NC(=O)C(C)N1CCc2ccccc2C1. The van der Waals surface area contributed by atoms with Crippen LogP contribution in [0.5, 0.6) is 5.75 Å². The fourth-order valence-corrected chi connectivity index (χ4v) is 3.20. The molecule has 1 heterocycles. The highest BCUT2D eigenvalue weighted by molar-refractivity contribution is 6.31. The van der Waals surface area contributed by atoms with Crippen molar-refractivity contribution in [2.24, 2.45) is 0 Å². The van der Waals surface area contributed by atoms with Crippen molar-refractivity contribution in [2.45, 2.75) is 25.9 Å². The molecular formula is C19H21ClN2O2. The van der Waals surface area contributed by atoms with Gasteiger partial charge in [-0.25, -0.2) is 0 Å². The molecule has 5 heteroatoms. The minimum Gasteiger partial charge on any atom is -0.495 e. The molecule has 0 aliphatic carbocycles. The van der Waals surface area contributed by atoms with E-state index < -0.39 is 0 Å². The molecular weight excluding hydrogens is 324 g/mol. The quantitative estimate of drug-likeness (QED) is 0.918. The lowest BCUT2D eigenvalue weighted by Crippen LogP contribution is -2.44. The van der Waals surface area contributed by atoms with Crippen molar-refractivity contribution in [1.82, 2.24) is 4.90 Å². The minimum absolute atomic E-state index is 0.0602.